The molecular formula is C12H17BrClN. The third-order valence-electron chi connectivity index (χ3n) is 2.92. The quantitative estimate of drug-likeness (QED) is 0.895. The summed E-state index contributed by atoms with van der Waals surface area (Å²) in [6.07, 6.45) is 3.90. The predicted molar refractivity (Wildman–Crippen MR) is 70.4 cm³/mol. The first-order valence-corrected chi connectivity index (χ1v) is 5.98. The molecule has 2 rings (SSSR count). The summed E-state index contributed by atoms with van der Waals surface area (Å²) < 4.78 is 1.13. The Kier molecular flexibility index (Phi) is 4.63. The van der Waals surface area contributed by atoms with Gasteiger partial charge in [0.05, 0.1) is 0 Å². The van der Waals surface area contributed by atoms with E-state index in [1.54, 1.807) is 0 Å². The zero-order valence-electron chi connectivity index (χ0n) is 8.87. The van der Waals surface area contributed by atoms with Crippen molar-refractivity contribution in [2.45, 2.75) is 32.2 Å². The Labute approximate surface area is 106 Å². The van der Waals surface area contributed by atoms with Gasteiger partial charge in [-0.25, -0.2) is 0 Å². The van der Waals surface area contributed by atoms with Gasteiger partial charge >= 0.3 is 0 Å². The molecule has 1 aromatic carbocycles. The average Bonchev–Trinajstić information content (AvgIpc) is 2.93. The minimum atomic E-state index is 0. The van der Waals surface area contributed by atoms with Gasteiger partial charge in [0.1, 0.15) is 0 Å². The Morgan fingerprint density at radius 2 is 2.13 bits per heavy atom. The smallest absolute Gasteiger partial charge is 0.0300 e. The molecule has 0 amide bonds. The molecule has 0 unspecified atom stereocenters. The normalized spacial score (nSPS) is 17.0. The van der Waals surface area contributed by atoms with Gasteiger partial charge in [-0.2, -0.15) is 0 Å². The van der Waals surface area contributed by atoms with Crippen molar-refractivity contribution in [3.8, 4) is 0 Å². The van der Waals surface area contributed by atoms with Crippen LogP contribution in [0.5, 0.6) is 0 Å². The maximum atomic E-state index is 6.18. The highest BCUT2D eigenvalue weighted by Gasteiger charge is 2.24. The molecule has 15 heavy (non-hydrogen) atoms. The van der Waals surface area contributed by atoms with Crippen LogP contribution in [0.25, 0.3) is 0 Å². The molecule has 1 aliphatic carbocycles. The molecule has 1 atom stereocenters. The van der Waals surface area contributed by atoms with Gasteiger partial charge in [0.25, 0.3) is 0 Å². The second kappa shape index (κ2) is 5.33. The van der Waals surface area contributed by atoms with Crippen molar-refractivity contribution in [1.82, 2.24) is 0 Å². The van der Waals surface area contributed by atoms with Gasteiger partial charge < -0.3 is 5.73 Å². The van der Waals surface area contributed by atoms with Gasteiger partial charge in [0.2, 0.25) is 0 Å². The van der Waals surface area contributed by atoms with E-state index in [-0.39, 0.29) is 18.4 Å². The van der Waals surface area contributed by atoms with E-state index in [4.69, 9.17) is 5.73 Å². The van der Waals surface area contributed by atoms with E-state index in [0.29, 0.717) is 0 Å². The summed E-state index contributed by atoms with van der Waals surface area (Å²) >= 11 is 3.49. The van der Waals surface area contributed by atoms with Crippen molar-refractivity contribution in [1.29, 1.82) is 0 Å². The second-order valence-corrected chi connectivity index (χ2v) is 5.20. The lowest BCUT2D eigenvalue weighted by Gasteiger charge is -2.14. The van der Waals surface area contributed by atoms with Crippen molar-refractivity contribution in [2.24, 2.45) is 11.7 Å². The second-order valence-electron chi connectivity index (χ2n) is 4.29. The van der Waals surface area contributed by atoms with E-state index in [2.05, 4.69) is 41.1 Å². The van der Waals surface area contributed by atoms with Crippen molar-refractivity contribution in [2.75, 3.05) is 0 Å². The summed E-state index contributed by atoms with van der Waals surface area (Å²) in [7, 11) is 0. The Hall–Kier alpha value is -0.0500. The fraction of sp³-hybridized carbons (Fsp3) is 0.500. The van der Waals surface area contributed by atoms with E-state index in [0.717, 1.165) is 16.8 Å². The predicted octanol–water partition coefficient (Wildman–Crippen LogP) is 3.98. The third kappa shape index (κ3) is 3.47. The molecule has 1 aromatic rings. The van der Waals surface area contributed by atoms with Crippen LogP contribution in [0.3, 0.4) is 0 Å². The molecule has 84 valence electrons. The minimum absolute atomic E-state index is 0. The molecule has 0 saturated heterocycles. The van der Waals surface area contributed by atoms with Crippen LogP contribution in [0.4, 0.5) is 0 Å². The zero-order chi connectivity index (χ0) is 10.1. The average molecular weight is 291 g/mol. The fourth-order valence-corrected chi connectivity index (χ4v) is 2.23. The van der Waals surface area contributed by atoms with Crippen LogP contribution in [0.1, 0.15) is 36.4 Å². The zero-order valence-corrected chi connectivity index (χ0v) is 11.3. The van der Waals surface area contributed by atoms with Crippen LogP contribution < -0.4 is 5.73 Å². The minimum Gasteiger partial charge on any atom is -0.324 e. The first-order valence-electron chi connectivity index (χ1n) is 5.18. The van der Waals surface area contributed by atoms with Crippen LogP contribution in [0.15, 0.2) is 22.7 Å². The van der Waals surface area contributed by atoms with Gasteiger partial charge in [-0.05, 0) is 42.5 Å². The molecule has 1 fully saturated rings. The SMILES string of the molecule is Cc1ccc(Br)cc1[C@@H](N)CC1CC1.Cl. The summed E-state index contributed by atoms with van der Waals surface area (Å²) in [5.74, 6) is 0.892. The van der Waals surface area contributed by atoms with Crippen molar-refractivity contribution < 1.29 is 0 Å². The van der Waals surface area contributed by atoms with E-state index in [1.165, 1.54) is 24.0 Å². The highest BCUT2D eigenvalue weighted by Crippen LogP contribution is 2.37. The molecule has 1 saturated carbocycles. The third-order valence-corrected chi connectivity index (χ3v) is 3.42. The number of hydrogen-bond acceptors (Lipinski definition) is 1. The lowest BCUT2D eigenvalue weighted by Crippen LogP contribution is -2.12. The summed E-state index contributed by atoms with van der Waals surface area (Å²) in [6.45, 7) is 2.13. The number of benzene rings is 1. The summed E-state index contributed by atoms with van der Waals surface area (Å²) in [6, 6.07) is 6.58. The van der Waals surface area contributed by atoms with Crippen LogP contribution in [0, 0.1) is 12.8 Å². The molecule has 0 radical (unpaired) electrons. The van der Waals surface area contributed by atoms with Gasteiger partial charge in [-0.1, -0.05) is 34.8 Å². The first-order chi connectivity index (χ1) is 6.66. The molecule has 0 spiro atoms. The van der Waals surface area contributed by atoms with Crippen molar-refractivity contribution >= 4 is 28.3 Å². The Bertz CT molecular complexity index is 336. The van der Waals surface area contributed by atoms with Crippen molar-refractivity contribution in [3.05, 3.63) is 33.8 Å². The molecule has 0 heterocycles. The molecule has 3 heteroatoms. The number of nitrogens with two attached hydrogens (primary N) is 1. The van der Waals surface area contributed by atoms with Crippen LogP contribution in [0.2, 0.25) is 0 Å². The number of halogens is 2. The van der Waals surface area contributed by atoms with Crippen LogP contribution in [-0.4, -0.2) is 0 Å². The first kappa shape index (κ1) is 13.0. The Morgan fingerprint density at radius 3 is 2.73 bits per heavy atom. The van der Waals surface area contributed by atoms with Gasteiger partial charge in [-0.3, -0.25) is 0 Å². The van der Waals surface area contributed by atoms with E-state index in [9.17, 15) is 0 Å². The largest absolute Gasteiger partial charge is 0.324 e. The molecule has 1 aliphatic rings. The standard InChI is InChI=1S/C12H16BrN.ClH/c1-8-2-5-10(13)7-11(8)12(14)6-9-3-4-9;/h2,5,7,9,12H,3-4,6,14H2,1H3;1H/t12-;/m0./s1. The topological polar surface area (TPSA) is 26.0 Å². The number of rotatable bonds is 3. The summed E-state index contributed by atoms with van der Waals surface area (Å²) in [4.78, 5) is 0. The highest BCUT2D eigenvalue weighted by molar-refractivity contribution is 9.10. The lowest BCUT2D eigenvalue weighted by atomic mass is 9.98. The molecule has 0 aromatic heterocycles. The summed E-state index contributed by atoms with van der Waals surface area (Å²) in [5.41, 5.74) is 8.79. The van der Waals surface area contributed by atoms with Crippen LogP contribution in [-0.2, 0) is 0 Å². The molecule has 0 bridgehead atoms. The monoisotopic (exact) mass is 289 g/mol. The molecule has 2 N–H and O–H groups in total. The molecular weight excluding hydrogens is 273 g/mol. The lowest BCUT2D eigenvalue weighted by molar-refractivity contribution is 0.594. The van der Waals surface area contributed by atoms with Crippen molar-refractivity contribution in [3.63, 3.8) is 0 Å². The molecule has 1 nitrogen and oxygen atoms in total. The van der Waals surface area contributed by atoms with E-state index in [1.807, 2.05) is 0 Å². The number of aryl methyl sites for hydroxylation is 1. The maximum Gasteiger partial charge on any atom is 0.0300 e. The van der Waals surface area contributed by atoms with Gasteiger partial charge in [-0.15, -0.1) is 12.4 Å². The van der Waals surface area contributed by atoms with E-state index < -0.39 is 0 Å². The molecule has 0 aliphatic heterocycles. The van der Waals surface area contributed by atoms with Gasteiger partial charge in [0.15, 0.2) is 0 Å². The van der Waals surface area contributed by atoms with Crippen LogP contribution >= 0.6 is 28.3 Å². The maximum absolute atomic E-state index is 6.18. The fourth-order valence-electron chi connectivity index (χ4n) is 1.85. The Morgan fingerprint density at radius 1 is 1.47 bits per heavy atom. The summed E-state index contributed by atoms with van der Waals surface area (Å²) in [5, 5.41) is 0. The Balaban J connectivity index is 0.00000112. The number of hydrogen-bond donors (Lipinski definition) is 1. The van der Waals surface area contributed by atoms with E-state index >= 15 is 0 Å². The van der Waals surface area contributed by atoms with Gasteiger partial charge in [0, 0.05) is 10.5 Å². The highest BCUT2D eigenvalue weighted by atomic mass is 79.9.